The molecule has 1 atom stereocenters. The number of nitrogens with zero attached hydrogens (tertiary/aromatic N) is 4. The summed E-state index contributed by atoms with van der Waals surface area (Å²) >= 11 is 0. The monoisotopic (exact) mass is 340 g/mol. The minimum absolute atomic E-state index is 0.105. The molecule has 0 aliphatic carbocycles. The molecule has 0 bridgehead atoms. The molecule has 1 unspecified atom stereocenters. The van der Waals surface area contributed by atoms with Crippen LogP contribution in [-0.2, 0) is 0 Å². The van der Waals surface area contributed by atoms with Crippen molar-refractivity contribution in [3.8, 4) is 5.75 Å². The number of hydrazone groups is 1. The molecule has 6 nitrogen and oxygen atoms in total. The van der Waals surface area contributed by atoms with Crippen LogP contribution in [0.15, 0.2) is 53.6 Å². The molecule has 25 heavy (non-hydrogen) atoms. The van der Waals surface area contributed by atoms with E-state index in [2.05, 4.69) is 34.3 Å². The van der Waals surface area contributed by atoms with E-state index in [1.807, 2.05) is 55.3 Å². The lowest BCUT2D eigenvalue weighted by Gasteiger charge is -2.30. The fraction of sp³-hybridized carbons (Fsp3) is 0.316. The SMILES string of the molecule is COc1ccc(N2C(CO)=NN(C)C2c2ccc(N(C)C)cc2)cc1. The summed E-state index contributed by atoms with van der Waals surface area (Å²) in [5, 5.41) is 16.1. The second-order valence-corrected chi connectivity index (χ2v) is 6.18. The summed E-state index contributed by atoms with van der Waals surface area (Å²) in [4.78, 5) is 4.11. The van der Waals surface area contributed by atoms with Gasteiger partial charge in [-0.3, -0.25) is 9.91 Å². The van der Waals surface area contributed by atoms with Crippen molar-refractivity contribution in [2.75, 3.05) is 44.7 Å². The average Bonchev–Trinajstić information content (AvgIpc) is 2.98. The third-order valence-electron chi connectivity index (χ3n) is 4.35. The van der Waals surface area contributed by atoms with Crippen LogP contribution in [-0.4, -0.2) is 50.8 Å². The third kappa shape index (κ3) is 3.25. The topological polar surface area (TPSA) is 51.5 Å². The van der Waals surface area contributed by atoms with Gasteiger partial charge >= 0.3 is 0 Å². The van der Waals surface area contributed by atoms with Crippen molar-refractivity contribution in [3.05, 3.63) is 54.1 Å². The Bertz CT molecular complexity index is 741. The Morgan fingerprint density at radius 3 is 2.24 bits per heavy atom. The predicted octanol–water partition coefficient (Wildman–Crippen LogP) is 2.52. The molecule has 1 N–H and O–H groups in total. The van der Waals surface area contributed by atoms with Gasteiger partial charge in [-0.1, -0.05) is 12.1 Å². The Morgan fingerprint density at radius 2 is 1.72 bits per heavy atom. The molecule has 0 fully saturated rings. The highest BCUT2D eigenvalue weighted by atomic mass is 16.5. The Kier molecular flexibility index (Phi) is 4.81. The number of rotatable bonds is 5. The quantitative estimate of drug-likeness (QED) is 0.906. The fourth-order valence-electron chi connectivity index (χ4n) is 3.04. The molecule has 1 heterocycles. The van der Waals surface area contributed by atoms with Gasteiger partial charge in [0.1, 0.15) is 18.5 Å². The smallest absolute Gasteiger partial charge is 0.157 e. The number of aliphatic hydroxyl groups excluding tert-OH is 1. The van der Waals surface area contributed by atoms with Gasteiger partial charge in [-0.2, -0.15) is 5.10 Å². The van der Waals surface area contributed by atoms with Crippen molar-refractivity contribution >= 4 is 17.2 Å². The standard InChI is InChI=1S/C19H24N4O2/c1-21(2)15-7-5-14(6-8-15)19-22(3)20-18(13-24)23(19)16-9-11-17(25-4)12-10-16/h5-12,19,24H,13H2,1-4H3. The number of methoxy groups -OCH3 is 1. The summed E-state index contributed by atoms with van der Waals surface area (Å²) in [6, 6.07) is 16.2. The van der Waals surface area contributed by atoms with Crippen molar-refractivity contribution in [3.63, 3.8) is 0 Å². The molecule has 1 aliphatic heterocycles. The Labute approximate surface area is 148 Å². The molecule has 0 aromatic heterocycles. The Morgan fingerprint density at radius 1 is 1.08 bits per heavy atom. The van der Waals surface area contributed by atoms with Gasteiger partial charge < -0.3 is 14.7 Å². The minimum atomic E-state index is -0.122. The van der Waals surface area contributed by atoms with E-state index in [9.17, 15) is 5.11 Å². The third-order valence-corrected chi connectivity index (χ3v) is 4.35. The van der Waals surface area contributed by atoms with Gasteiger partial charge in [0.25, 0.3) is 0 Å². The lowest BCUT2D eigenvalue weighted by atomic mass is 10.1. The van der Waals surface area contributed by atoms with Gasteiger partial charge in [-0.25, -0.2) is 0 Å². The number of hydrogen-bond donors (Lipinski definition) is 1. The van der Waals surface area contributed by atoms with Crippen LogP contribution in [0.1, 0.15) is 11.7 Å². The number of ether oxygens (including phenoxy) is 1. The van der Waals surface area contributed by atoms with Gasteiger partial charge in [0.05, 0.1) is 7.11 Å². The summed E-state index contributed by atoms with van der Waals surface area (Å²) in [5.41, 5.74) is 3.21. The first-order chi connectivity index (χ1) is 12.0. The molecular formula is C19H24N4O2. The molecule has 132 valence electrons. The van der Waals surface area contributed by atoms with E-state index in [-0.39, 0.29) is 12.8 Å². The zero-order chi connectivity index (χ0) is 18.0. The van der Waals surface area contributed by atoms with Gasteiger partial charge in [-0.05, 0) is 42.0 Å². The van der Waals surface area contributed by atoms with Crippen molar-refractivity contribution in [2.24, 2.45) is 5.10 Å². The molecule has 0 saturated carbocycles. The van der Waals surface area contributed by atoms with Gasteiger partial charge in [0.2, 0.25) is 0 Å². The van der Waals surface area contributed by atoms with E-state index in [0.717, 1.165) is 22.7 Å². The van der Waals surface area contributed by atoms with Crippen molar-refractivity contribution in [1.82, 2.24) is 5.01 Å². The van der Waals surface area contributed by atoms with Crippen LogP contribution in [0, 0.1) is 0 Å². The van der Waals surface area contributed by atoms with Crippen molar-refractivity contribution in [1.29, 1.82) is 0 Å². The molecule has 2 aromatic rings. The van der Waals surface area contributed by atoms with Crippen molar-refractivity contribution < 1.29 is 9.84 Å². The molecule has 1 aliphatic rings. The molecule has 3 rings (SSSR count). The van der Waals surface area contributed by atoms with Crippen LogP contribution in [0.2, 0.25) is 0 Å². The summed E-state index contributed by atoms with van der Waals surface area (Å²) < 4.78 is 5.24. The lowest BCUT2D eigenvalue weighted by Crippen LogP contribution is -2.35. The highest BCUT2D eigenvalue weighted by Gasteiger charge is 2.34. The van der Waals surface area contributed by atoms with Crippen LogP contribution in [0.5, 0.6) is 5.75 Å². The molecular weight excluding hydrogens is 316 g/mol. The summed E-state index contributed by atoms with van der Waals surface area (Å²) in [6.45, 7) is -0.122. The van der Waals surface area contributed by atoms with Crippen molar-refractivity contribution in [2.45, 2.75) is 6.17 Å². The highest BCUT2D eigenvalue weighted by Crippen LogP contribution is 2.35. The number of hydrogen-bond acceptors (Lipinski definition) is 6. The van der Waals surface area contributed by atoms with Gasteiger partial charge in [0, 0.05) is 32.5 Å². The van der Waals surface area contributed by atoms with E-state index in [1.54, 1.807) is 7.11 Å². The largest absolute Gasteiger partial charge is 0.497 e. The second-order valence-electron chi connectivity index (χ2n) is 6.18. The predicted molar refractivity (Wildman–Crippen MR) is 101 cm³/mol. The first-order valence-corrected chi connectivity index (χ1v) is 8.17. The maximum atomic E-state index is 9.77. The molecule has 0 saturated heterocycles. The van der Waals surface area contributed by atoms with E-state index in [0.29, 0.717) is 5.84 Å². The maximum Gasteiger partial charge on any atom is 0.157 e. The number of amidine groups is 1. The zero-order valence-corrected chi connectivity index (χ0v) is 15.0. The van der Waals surface area contributed by atoms with E-state index < -0.39 is 0 Å². The zero-order valence-electron chi connectivity index (χ0n) is 15.0. The highest BCUT2D eigenvalue weighted by molar-refractivity contribution is 6.00. The normalized spacial score (nSPS) is 16.8. The first kappa shape index (κ1) is 17.1. The number of aliphatic hydroxyl groups is 1. The Balaban J connectivity index is 1.97. The maximum absolute atomic E-state index is 9.77. The molecule has 0 radical (unpaired) electrons. The van der Waals surface area contributed by atoms with E-state index >= 15 is 0 Å². The molecule has 0 amide bonds. The van der Waals surface area contributed by atoms with E-state index in [4.69, 9.17) is 4.74 Å². The lowest BCUT2D eigenvalue weighted by molar-refractivity contribution is 0.290. The summed E-state index contributed by atoms with van der Waals surface area (Å²) in [5.74, 6) is 1.42. The van der Waals surface area contributed by atoms with Gasteiger partial charge in [0.15, 0.2) is 5.84 Å². The van der Waals surface area contributed by atoms with Crippen LogP contribution in [0.4, 0.5) is 11.4 Å². The number of benzene rings is 2. The second kappa shape index (κ2) is 7.03. The average molecular weight is 340 g/mol. The fourth-order valence-corrected chi connectivity index (χ4v) is 3.04. The van der Waals surface area contributed by atoms with Crippen LogP contribution in [0.3, 0.4) is 0 Å². The minimum Gasteiger partial charge on any atom is -0.497 e. The molecule has 6 heteroatoms. The molecule has 0 spiro atoms. The van der Waals surface area contributed by atoms with Crippen LogP contribution in [0.25, 0.3) is 0 Å². The van der Waals surface area contributed by atoms with Gasteiger partial charge in [-0.15, -0.1) is 0 Å². The van der Waals surface area contributed by atoms with Crippen LogP contribution < -0.4 is 14.5 Å². The molecule has 2 aromatic carbocycles. The Hall–Kier alpha value is -2.73. The van der Waals surface area contributed by atoms with Crippen LogP contribution >= 0.6 is 0 Å². The van der Waals surface area contributed by atoms with E-state index in [1.165, 1.54) is 0 Å². The first-order valence-electron chi connectivity index (χ1n) is 8.17. The summed E-state index contributed by atoms with van der Waals surface area (Å²) in [7, 11) is 7.61. The summed E-state index contributed by atoms with van der Waals surface area (Å²) in [6.07, 6.45) is -0.105. The number of anilines is 2.